The third-order valence-corrected chi connectivity index (χ3v) is 15.4. The van der Waals surface area contributed by atoms with E-state index < -0.39 is 30.5 Å². The fraction of sp³-hybridized carbons (Fsp3) is 0.440. The molecule has 0 saturated carbocycles. The maximum Gasteiger partial charge on any atom is 0.217 e. The second-order valence-electron chi connectivity index (χ2n) is 15.3. The Hall–Kier alpha value is -4.62. The van der Waals surface area contributed by atoms with E-state index >= 15 is 0 Å². The molecule has 0 radical (unpaired) electrons. The molecule has 12 heteroatoms. The first-order valence-corrected chi connectivity index (χ1v) is 24.6. The van der Waals surface area contributed by atoms with Crippen LogP contribution in [0.15, 0.2) is 122 Å². The molecule has 0 unspecified atom stereocenters. The lowest BCUT2D eigenvalue weighted by Crippen LogP contribution is -2.38. The molecule has 0 spiro atoms. The van der Waals surface area contributed by atoms with Crippen LogP contribution in [0.1, 0.15) is 100 Å². The number of rotatable bonds is 28. The van der Waals surface area contributed by atoms with E-state index in [1.807, 2.05) is 97.1 Å². The van der Waals surface area contributed by atoms with Gasteiger partial charge in [0.15, 0.2) is 0 Å². The van der Waals surface area contributed by atoms with Crippen molar-refractivity contribution in [3.8, 4) is 23.0 Å². The molecule has 2 atom stereocenters. The van der Waals surface area contributed by atoms with Gasteiger partial charge in [-0.25, -0.2) is 16.8 Å². The highest BCUT2D eigenvalue weighted by Gasteiger charge is 2.33. The van der Waals surface area contributed by atoms with Gasteiger partial charge in [0.1, 0.15) is 23.0 Å². The van der Waals surface area contributed by atoms with Crippen LogP contribution in [0.25, 0.3) is 0 Å². The van der Waals surface area contributed by atoms with Crippen molar-refractivity contribution in [2.24, 2.45) is 0 Å². The van der Waals surface area contributed by atoms with E-state index in [0.29, 0.717) is 64.7 Å². The first kappa shape index (κ1) is 51.7. The van der Waals surface area contributed by atoms with Crippen LogP contribution in [0.4, 0.5) is 0 Å². The van der Waals surface area contributed by atoms with Crippen LogP contribution in [0.2, 0.25) is 0 Å². The highest BCUT2D eigenvalue weighted by Crippen LogP contribution is 2.28. The van der Waals surface area contributed by atoms with Crippen LogP contribution in [0.3, 0.4) is 0 Å². The zero-order valence-electron chi connectivity index (χ0n) is 37.8. The lowest BCUT2D eigenvalue weighted by molar-refractivity contribution is 0.385. The Morgan fingerprint density at radius 3 is 0.887 bits per heavy atom. The van der Waals surface area contributed by atoms with Crippen molar-refractivity contribution in [1.29, 1.82) is 0 Å². The van der Waals surface area contributed by atoms with Gasteiger partial charge in [-0.2, -0.15) is 8.61 Å². The summed E-state index contributed by atoms with van der Waals surface area (Å²) in [6.45, 7) is 13.0. The van der Waals surface area contributed by atoms with E-state index in [9.17, 15) is 16.8 Å². The molecular formula is C50H70N2O8S2. The smallest absolute Gasteiger partial charge is 0.217 e. The largest absolute Gasteiger partial charge is 0.497 e. The fourth-order valence-corrected chi connectivity index (χ4v) is 10.9. The number of benzene rings is 4. The van der Waals surface area contributed by atoms with Gasteiger partial charge in [-0.1, -0.05) is 100 Å². The van der Waals surface area contributed by atoms with Crippen molar-refractivity contribution >= 4 is 20.0 Å². The molecule has 4 rings (SSSR count). The average molecular weight is 891 g/mol. The number of allylic oxidation sites excluding steroid dienone is 2. The van der Waals surface area contributed by atoms with E-state index in [0.717, 1.165) is 70.9 Å². The Labute approximate surface area is 373 Å². The van der Waals surface area contributed by atoms with Crippen molar-refractivity contribution in [2.75, 3.05) is 28.4 Å². The summed E-state index contributed by atoms with van der Waals surface area (Å²) in [5.41, 5.74) is 3.71. The summed E-state index contributed by atoms with van der Waals surface area (Å²) < 4.78 is 79.1. The van der Waals surface area contributed by atoms with Crippen LogP contribution < -0.4 is 18.9 Å². The van der Waals surface area contributed by atoms with Gasteiger partial charge >= 0.3 is 0 Å². The molecule has 0 fully saturated rings. The Kier molecular flexibility index (Phi) is 22.9. The Morgan fingerprint density at radius 1 is 0.452 bits per heavy atom. The number of hydrogen-bond donors (Lipinski definition) is 0. The topological polar surface area (TPSA) is 112 Å². The van der Waals surface area contributed by atoms with Crippen LogP contribution in [0.5, 0.6) is 23.0 Å². The molecule has 0 aliphatic rings. The molecule has 62 heavy (non-hydrogen) atoms. The predicted molar refractivity (Wildman–Crippen MR) is 254 cm³/mol. The fourth-order valence-electron chi connectivity index (χ4n) is 6.99. The van der Waals surface area contributed by atoms with Crippen molar-refractivity contribution in [3.63, 3.8) is 0 Å². The molecule has 0 aliphatic carbocycles. The number of ether oxygens (including phenoxy) is 4. The van der Waals surface area contributed by atoms with Gasteiger partial charge in [0.25, 0.3) is 0 Å². The molecule has 4 aromatic carbocycles. The Balaban J connectivity index is 0.000000330. The van der Waals surface area contributed by atoms with E-state index in [1.54, 1.807) is 49.2 Å². The number of hydrogen-bond acceptors (Lipinski definition) is 8. The van der Waals surface area contributed by atoms with E-state index in [2.05, 4.69) is 27.0 Å². The summed E-state index contributed by atoms with van der Waals surface area (Å²) >= 11 is 0. The van der Waals surface area contributed by atoms with Crippen molar-refractivity contribution in [3.05, 3.63) is 145 Å². The summed E-state index contributed by atoms with van der Waals surface area (Å²) in [6.07, 6.45) is 11.2. The molecular weight excluding hydrogens is 821 g/mol. The SMILES string of the molecule is C=CCC[C@@H](CCCC)S(=O)(=O)N(Cc1ccc(OC)cc1)Cc1ccc(OC)cc1.C=CCC[C@H](CCCC)S(=O)(=O)N(Cc1ccc(OC)cc1)Cc1ccc(OC)cc1. The molecule has 0 aliphatic heterocycles. The first-order chi connectivity index (χ1) is 29.9. The lowest BCUT2D eigenvalue weighted by atomic mass is 10.1. The molecule has 0 aromatic heterocycles. The third-order valence-electron chi connectivity index (χ3n) is 10.8. The zero-order valence-corrected chi connectivity index (χ0v) is 39.5. The van der Waals surface area contributed by atoms with Gasteiger partial charge in [0.05, 0.1) is 38.9 Å². The van der Waals surface area contributed by atoms with Crippen LogP contribution in [-0.4, -0.2) is 64.4 Å². The number of methoxy groups -OCH3 is 4. The summed E-state index contributed by atoms with van der Waals surface area (Å²) in [5, 5.41) is -0.830. The summed E-state index contributed by atoms with van der Waals surface area (Å²) in [5.74, 6) is 3.00. The Bertz CT molecular complexity index is 1840. The lowest BCUT2D eigenvalue weighted by Gasteiger charge is -2.28. The van der Waals surface area contributed by atoms with Gasteiger partial charge in [-0.15, -0.1) is 13.2 Å². The minimum absolute atomic E-state index is 0.315. The van der Waals surface area contributed by atoms with Crippen molar-refractivity contribution in [1.82, 2.24) is 8.61 Å². The van der Waals surface area contributed by atoms with E-state index in [4.69, 9.17) is 18.9 Å². The molecule has 0 heterocycles. The summed E-state index contributed by atoms with van der Waals surface area (Å²) in [6, 6.07) is 30.2. The summed E-state index contributed by atoms with van der Waals surface area (Å²) in [4.78, 5) is 0. The molecule has 10 nitrogen and oxygen atoms in total. The molecule has 0 amide bonds. The molecule has 0 saturated heterocycles. The van der Waals surface area contributed by atoms with Gasteiger partial charge in [-0.05, 0) is 109 Å². The number of nitrogens with zero attached hydrogens (tertiary/aromatic N) is 2. The third kappa shape index (κ3) is 16.6. The second kappa shape index (κ2) is 27.4. The summed E-state index contributed by atoms with van der Waals surface area (Å²) in [7, 11) is -0.551. The maximum absolute atomic E-state index is 13.7. The monoisotopic (exact) mass is 890 g/mol. The second-order valence-corrected chi connectivity index (χ2v) is 19.7. The van der Waals surface area contributed by atoms with Crippen LogP contribution >= 0.6 is 0 Å². The zero-order chi connectivity index (χ0) is 45.4. The van der Waals surface area contributed by atoms with Crippen LogP contribution in [0, 0.1) is 0 Å². The van der Waals surface area contributed by atoms with Crippen molar-refractivity contribution in [2.45, 2.75) is 115 Å². The highest BCUT2D eigenvalue weighted by molar-refractivity contribution is 7.90. The van der Waals surface area contributed by atoms with Gasteiger partial charge < -0.3 is 18.9 Å². The highest BCUT2D eigenvalue weighted by atomic mass is 32.2. The van der Waals surface area contributed by atoms with E-state index in [-0.39, 0.29) is 0 Å². The minimum Gasteiger partial charge on any atom is -0.497 e. The molecule has 0 N–H and O–H groups in total. The number of unbranched alkanes of at least 4 members (excludes halogenated alkanes) is 2. The maximum atomic E-state index is 13.7. The van der Waals surface area contributed by atoms with Crippen LogP contribution in [-0.2, 0) is 46.2 Å². The Morgan fingerprint density at radius 2 is 0.694 bits per heavy atom. The average Bonchev–Trinajstić information content (AvgIpc) is 3.29. The first-order valence-electron chi connectivity index (χ1n) is 21.6. The van der Waals surface area contributed by atoms with Crippen molar-refractivity contribution < 1.29 is 35.8 Å². The molecule has 340 valence electrons. The predicted octanol–water partition coefficient (Wildman–Crippen LogP) is 11.1. The molecule has 4 aromatic rings. The quantitative estimate of drug-likeness (QED) is 0.0518. The number of sulfonamides is 2. The molecule has 0 bridgehead atoms. The standard InChI is InChI=1S/2C25H35NO4S/c2*1-5-7-9-25(10-8-6-2)31(27,28)26(19-21-11-15-23(29-3)16-12-21)20-22-13-17-24(30-4)18-14-22/h2*5,11-18,25H,1,6-10,19-20H2,2-4H3/t2*25-/m10/s1. The van der Waals surface area contributed by atoms with Gasteiger partial charge in [0, 0.05) is 26.2 Å². The van der Waals surface area contributed by atoms with Gasteiger partial charge in [-0.3, -0.25) is 0 Å². The van der Waals surface area contributed by atoms with Gasteiger partial charge in [0.2, 0.25) is 20.0 Å². The normalized spacial score (nSPS) is 12.5. The minimum atomic E-state index is -3.51. The van der Waals surface area contributed by atoms with E-state index in [1.165, 1.54) is 0 Å².